The van der Waals surface area contributed by atoms with Crippen LogP contribution >= 0.6 is 0 Å². The van der Waals surface area contributed by atoms with Gasteiger partial charge in [0.15, 0.2) is 5.79 Å². The molecule has 0 unspecified atom stereocenters. The first kappa shape index (κ1) is 17.9. The summed E-state index contributed by atoms with van der Waals surface area (Å²) in [5.74, 6) is -1.41. The highest BCUT2D eigenvalue weighted by atomic mass is 16.5. The van der Waals surface area contributed by atoms with Crippen LogP contribution in [0.1, 0.15) is 97.3 Å². The van der Waals surface area contributed by atoms with Gasteiger partial charge in [0.25, 0.3) is 0 Å². The zero-order valence-electron chi connectivity index (χ0n) is 12.6. The second-order valence-corrected chi connectivity index (χ2v) is 5.66. The van der Waals surface area contributed by atoms with Crippen molar-refractivity contribution in [2.24, 2.45) is 0 Å². The molecule has 18 heavy (non-hydrogen) atoms. The molecule has 2 heteroatoms. The van der Waals surface area contributed by atoms with Crippen molar-refractivity contribution in [2.45, 2.75) is 103 Å². The maximum atomic E-state index is 9.70. The lowest BCUT2D eigenvalue weighted by Gasteiger charge is -2.21. The van der Waals surface area contributed by atoms with Gasteiger partial charge in [0.2, 0.25) is 0 Å². The molecule has 0 fully saturated rings. The Morgan fingerprint density at radius 1 is 0.556 bits per heavy atom. The second-order valence-electron chi connectivity index (χ2n) is 5.66. The molecule has 0 saturated heterocycles. The number of rotatable bonds is 13. The third kappa shape index (κ3) is 12.4. The highest BCUT2D eigenvalue weighted by Gasteiger charge is 2.20. The number of hydrogen-bond acceptors (Lipinski definition) is 2. The Kier molecular flexibility index (Phi) is 11.9. The largest absolute Gasteiger partial charge is 0.366 e. The van der Waals surface area contributed by atoms with E-state index >= 15 is 0 Å². The van der Waals surface area contributed by atoms with E-state index in [9.17, 15) is 10.2 Å². The van der Waals surface area contributed by atoms with E-state index in [-0.39, 0.29) is 0 Å². The monoisotopic (exact) mass is 258 g/mol. The molecule has 0 bridgehead atoms. The van der Waals surface area contributed by atoms with E-state index in [4.69, 9.17) is 0 Å². The molecule has 0 aromatic heterocycles. The Bertz CT molecular complexity index is 166. The van der Waals surface area contributed by atoms with Crippen LogP contribution in [0.3, 0.4) is 0 Å². The summed E-state index contributed by atoms with van der Waals surface area (Å²) < 4.78 is 0. The van der Waals surface area contributed by atoms with Gasteiger partial charge in [-0.1, -0.05) is 71.6 Å². The predicted molar refractivity (Wildman–Crippen MR) is 78.5 cm³/mol. The molecule has 0 heterocycles. The van der Waals surface area contributed by atoms with Gasteiger partial charge in [0.1, 0.15) is 0 Å². The van der Waals surface area contributed by atoms with E-state index in [1.165, 1.54) is 44.9 Å². The van der Waals surface area contributed by atoms with Crippen molar-refractivity contribution in [3.05, 3.63) is 0 Å². The molecular weight excluding hydrogens is 224 g/mol. The molecule has 0 aromatic rings. The lowest BCUT2D eigenvalue weighted by Crippen LogP contribution is -2.27. The fourth-order valence-electron chi connectivity index (χ4n) is 2.30. The van der Waals surface area contributed by atoms with Crippen LogP contribution in [0.4, 0.5) is 0 Å². The lowest BCUT2D eigenvalue weighted by molar-refractivity contribution is -0.171. The van der Waals surface area contributed by atoms with Crippen LogP contribution in [0, 0.1) is 0 Å². The van der Waals surface area contributed by atoms with E-state index < -0.39 is 5.79 Å². The van der Waals surface area contributed by atoms with Gasteiger partial charge in [-0.15, -0.1) is 0 Å². The van der Waals surface area contributed by atoms with Crippen LogP contribution in [0.5, 0.6) is 0 Å². The predicted octanol–water partition coefficient (Wildman–Crippen LogP) is 4.78. The summed E-state index contributed by atoms with van der Waals surface area (Å²) in [5.41, 5.74) is 0. The van der Waals surface area contributed by atoms with Crippen LogP contribution in [0.25, 0.3) is 0 Å². The summed E-state index contributed by atoms with van der Waals surface area (Å²) >= 11 is 0. The van der Waals surface area contributed by atoms with Gasteiger partial charge in [-0.25, -0.2) is 0 Å². The van der Waals surface area contributed by atoms with Crippen molar-refractivity contribution >= 4 is 0 Å². The van der Waals surface area contributed by atoms with Gasteiger partial charge in [-0.2, -0.15) is 0 Å². The van der Waals surface area contributed by atoms with Gasteiger partial charge in [0, 0.05) is 12.8 Å². The van der Waals surface area contributed by atoms with E-state index in [0.29, 0.717) is 12.8 Å². The first-order chi connectivity index (χ1) is 8.62. The molecule has 2 N–H and O–H groups in total. The SMILES string of the molecule is CCCCCCCCCCCC(O)(O)CCCC. The van der Waals surface area contributed by atoms with Gasteiger partial charge >= 0.3 is 0 Å². The molecule has 0 radical (unpaired) electrons. The molecule has 0 aliphatic rings. The molecule has 0 amide bonds. The third-order valence-corrected chi connectivity index (χ3v) is 3.61. The van der Waals surface area contributed by atoms with Crippen molar-refractivity contribution in [3.8, 4) is 0 Å². The molecular formula is C16H34O2. The fourth-order valence-corrected chi connectivity index (χ4v) is 2.30. The van der Waals surface area contributed by atoms with Gasteiger partial charge in [-0.3, -0.25) is 0 Å². The minimum atomic E-state index is -1.41. The van der Waals surface area contributed by atoms with Gasteiger partial charge in [-0.05, 0) is 12.8 Å². The highest BCUT2D eigenvalue weighted by molar-refractivity contribution is 4.64. The van der Waals surface area contributed by atoms with Crippen molar-refractivity contribution in [3.63, 3.8) is 0 Å². The summed E-state index contributed by atoms with van der Waals surface area (Å²) in [4.78, 5) is 0. The number of aliphatic hydroxyl groups is 2. The van der Waals surface area contributed by atoms with Crippen molar-refractivity contribution in [2.75, 3.05) is 0 Å². The standard InChI is InChI=1S/C16H34O2/c1-3-5-7-8-9-10-11-12-13-15-16(17,18)14-6-4-2/h17-18H,3-15H2,1-2H3. The van der Waals surface area contributed by atoms with Crippen molar-refractivity contribution in [1.29, 1.82) is 0 Å². The van der Waals surface area contributed by atoms with Crippen molar-refractivity contribution in [1.82, 2.24) is 0 Å². The maximum absolute atomic E-state index is 9.70. The van der Waals surface area contributed by atoms with Gasteiger partial charge < -0.3 is 10.2 Å². The first-order valence-corrected chi connectivity index (χ1v) is 8.07. The van der Waals surface area contributed by atoms with E-state index in [1.807, 2.05) is 0 Å². The molecule has 0 atom stereocenters. The summed E-state index contributed by atoms with van der Waals surface area (Å²) in [5, 5.41) is 19.4. The van der Waals surface area contributed by atoms with E-state index in [0.717, 1.165) is 25.7 Å². The smallest absolute Gasteiger partial charge is 0.162 e. The first-order valence-electron chi connectivity index (χ1n) is 8.07. The Morgan fingerprint density at radius 3 is 1.44 bits per heavy atom. The molecule has 0 saturated carbocycles. The third-order valence-electron chi connectivity index (χ3n) is 3.61. The summed E-state index contributed by atoms with van der Waals surface area (Å²) in [6, 6.07) is 0. The van der Waals surface area contributed by atoms with Crippen LogP contribution in [0.15, 0.2) is 0 Å². The van der Waals surface area contributed by atoms with Crippen LogP contribution < -0.4 is 0 Å². The minimum absolute atomic E-state index is 0.528. The number of unbranched alkanes of at least 4 members (excludes halogenated alkanes) is 9. The average Bonchev–Trinajstić information content (AvgIpc) is 2.34. The number of hydrogen-bond donors (Lipinski definition) is 2. The fraction of sp³-hybridized carbons (Fsp3) is 1.00. The average molecular weight is 258 g/mol. The van der Waals surface area contributed by atoms with Crippen molar-refractivity contribution < 1.29 is 10.2 Å². The molecule has 0 aliphatic carbocycles. The van der Waals surface area contributed by atoms with E-state index in [1.54, 1.807) is 0 Å². The summed E-state index contributed by atoms with van der Waals surface area (Å²) in [6.07, 6.45) is 14.4. The molecule has 0 spiro atoms. The Hall–Kier alpha value is -0.0800. The molecule has 0 aromatic carbocycles. The Balaban J connectivity index is 3.23. The maximum Gasteiger partial charge on any atom is 0.162 e. The minimum Gasteiger partial charge on any atom is -0.366 e. The molecule has 0 rings (SSSR count). The Morgan fingerprint density at radius 2 is 0.944 bits per heavy atom. The van der Waals surface area contributed by atoms with Crippen LogP contribution in [-0.4, -0.2) is 16.0 Å². The van der Waals surface area contributed by atoms with Gasteiger partial charge in [0.05, 0.1) is 0 Å². The zero-order valence-corrected chi connectivity index (χ0v) is 12.6. The van der Waals surface area contributed by atoms with Crippen LogP contribution in [-0.2, 0) is 0 Å². The quantitative estimate of drug-likeness (QED) is 0.369. The van der Waals surface area contributed by atoms with E-state index in [2.05, 4.69) is 13.8 Å². The summed E-state index contributed by atoms with van der Waals surface area (Å²) in [6.45, 7) is 4.32. The molecule has 110 valence electrons. The molecule has 0 aliphatic heterocycles. The lowest BCUT2D eigenvalue weighted by atomic mass is 10.0. The normalized spacial score (nSPS) is 12.0. The zero-order chi connectivity index (χ0) is 13.7. The van der Waals surface area contributed by atoms with Crippen LogP contribution in [0.2, 0.25) is 0 Å². The topological polar surface area (TPSA) is 40.5 Å². The molecule has 2 nitrogen and oxygen atoms in total. The second kappa shape index (κ2) is 12.0. The highest BCUT2D eigenvalue weighted by Crippen LogP contribution is 2.19. The Labute approximate surface area is 114 Å². The summed E-state index contributed by atoms with van der Waals surface area (Å²) in [7, 11) is 0.